The zero-order valence-corrected chi connectivity index (χ0v) is 21.8. The van der Waals surface area contributed by atoms with Crippen LogP contribution >= 0.6 is 11.8 Å². The van der Waals surface area contributed by atoms with E-state index in [1.807, 2.05) is 66.4 Å². The summed E-state index contributed by atoms with van der Waals surface area (Å²) in [6.45, 7) is 1.63. The number of rotatable bonds is 7. The molecule has 0 unspecified atom stereocenters. The first-order valence-electron chi connectivity index (χ1n) is 12.1. The van der Waals surface area contributed by atoms with Gasteiger partial charge in [0.25, 0.3) is 5.56 Å². The molecule has 9 heteroatoms. The molecule has 0 spiro atoms. The van der Waals surface area contributed by atoms with Crippen LogP contribution in [0, 0.1) is 0 Å². The summed E-state index contributed by atoms with van der Waals surface area (Å²) in [6, 6.07) is 20.7. The van der Waals surface area contributed by atoms with E-state index < -0.39 is 0 Å². The molecule has 3 aromatic carbocycles. The van der Waals surface area contributed by atoms with Gasteiger partial charge in [-0.15, -0.1) is 0 Å². The number of nitrogen functional groups attached to an aromatic ring is 1. The van der Waals surface area contributed by atoms with Gasteiger partial charge in [0.1, 0.15) is 17.3 Å². The van der Waals surface area contributed by atoms with Gasteiger partial charge in [0.05, 0.1) is 42.3 Å². The molecule has 2 heterocycles. The number of thioether (sulfide) groups is 1. The molecular weight excluding hydrogens is 488 g/mol. The first kappa shape index (κ1) is 26.4. The van der Waals surface area contributed by atoms with Crippen LogP contribution < -0.4 is 26.1 Å². The molecule has 1 fully saturated rings. The number of H-pyrrole nitrogens is 1. The lowest BCUT2D eigenvalue weighted by Gasteiger charge is -2.21. The molecule has 0 radical (unpaired) electrons. The van der Waals surface area contributed by atoms with Gasteiger partial charge in [-0.25, -0.2) is 4.98 Å². The largest absolute Gasteiger partial charge is 0.495 e. The average molecular weight is 521 g/mol. The topological polar surface area (TPSA) is 111 Å². The maximum absolute atomic E-state index is 12.5. The molecule has 8 nitrogen and oxygen atoms in total. The number of methoxy groups -OCH3 is 2. The molecule has 1 aliphatic rings. The lowest BCUT2D eigenvalue weighted by Crippen LogP contribution is -2.18. The number of nitrogens with zero attached hydrogens (tertiary/aromatic N) is 1. The number of ether oxygens (including phenoxy) is 3. The summed E-state index contributed by atoms with van der Waals surface area (Å²) in [4.78, 5) is 20.1. The Morgan fingerprint density at radius 1 is 1.03 bits per heavy atom. The van der Waals surface area contributed by atoms with E-state index in [-0.39, 0.29) is 5.56 Å². The molecule has 5 rings (SSSR count). The van der Waals surface area contributed by atoms with Crippen molar-refractivity contribution in [3.05, 3.63) is 82.9 Å². The van der Waals surface area contributed by atoms with Crippen LogP contribution in [-0.2, 0) is 10.5 Å². The number of benzene rings is 3. The Kier molecular flexibility index (Phi) is 9.29. The maximum atomic E-state index is 12.5. The summed E-state index contributed by atoms with van der Waals surface area (Å²) >= 11 is 1.83. The number of hydrogen-bond donors (Lipinski definition) is 3. The Morgan fingerprint density at radius 2 is 1.73 bits per heavy atom. The molecule has 1 aromatic heterocycles. The van der Waals surface area contributed by atoms with E-state index in [1.165, 1.54) is 0 Å². The maximum Gasteiger partial charge on any atom is 0.258 e. The molecule has 1 aliphatic heterocycles. The molecular formula is C28H32N4O4S. The van der Waals surface area contributed by atoms with Crippen molar-refractivity contribution in [2.75, 3.05) is 38.5 Å². The van der Waals surface area contributed by atoms with Gasteiger partial charge < -0.3 is 30.2 Å². The van der Waals surface area contributed by atoms with Gasteiger partial charge in [-0.2, -0.15) is 11.8 Å². The van der Waals surface area contributed by atoms with Gasteiger partial charge in [0.15, 0.2) is 0 Å². The fourth-order valence-corrected chi connectivity index (χ4v) is 5.00. The molecule has 194 valence electrons. The second kappa shape index (κ2) is 13.0. The minimum atomic E-state index is -0.101. The number of anilines is 3. The number of hydrogen-bond acceptors (Lipinski definition) is 8. The molecule has 0 aliphatic carbocycles. The normalized spacial score (nSPS) is 13.5. The molecule has 0 bridgehead atoms. The third-order valence-electron chi connectivity index (χ3n) is 5.90. The highest BCUT2D eigenvalue weighted by molar-refractivity contribution is 7.99. The van der Waals surface area contributed by atoms with Crippen molar-refractivity contribution >= 4 is 39.7 Å². The molecule has 4 N–H and O–H groups in total. The minimum absolute atomic E-state index is 0.101. The van der Waals surface area contributed by atoms with Crippen molar-refractivity contribution < 1.29 is 14.2 Å². The van der Waals surface area contributed by atoms with Crippen molar-refractivity contribution in [1.82, 2.24) is 9.97 Å². The second-order valence-corrected chi connectivity index (χ2v) is 9.72. The summed E-state index contributed by atoms with van der Waals surface area (Å²) in [7, 11) is 3.25. The fourth-order valence-electron chi connectivity index (χ4n) is 3.94. The molecule has 0 amide bonds. The van der Waals surface area contributed by atoms with Crippen molar-refractivity contribution in [2.24, 2.45) is 0 Å². The lowest BCUT2D eigenvalue weighted by atomic mass is 10.2. The zero-order valence-electron chi connectivity index (χ0n) is 21.0. The van der Waals surface area contributed by atoms with Gasteiger partial charge in [-0.1, -0.05) is 24.3 Å². The first-order valence-corrected chi connectivity index (χ1v) is 13.1. The number of aromatic amines is 1. The Labute approximate surface area is 220 Å². The van der Waals surface area contributed by atoms with Gasteiger partial charge in [0, 0.05) is 24.2 Å². The number of nitrogens with two attached hydrogens (primary N) is 1. The molecule has 0 saturated carbocycles. The highest BCUT2D eigenvalue weighted by Crippen LogP contribution is 2.28. The van der Waals surface area contributed by atoms with Crippen LogP contribution in [0.1, 0.15) is 18.7 Å². The highest BCUT2D eigenvalue weighted by atomic mass is 32.2. The zero-order chi connectivity index (χ0) is 26.0. The summed E-state index contributed by atoms with van der Waals surface area (Å²) < 4.78 is 15.7. The second-order valence-electron chi connectivity index (χ2n) is 8.43. The van der Waals surface area contributed by atoms with Gasteiger partial charge >= 0.3 is 0 Å². The molecule has 4 aromatic rings. The molecule has 37 heavy (non-hydrogen) atoms. The van der Waals surface area contributed by atoms with E-state index in [2.05, 4.69) is 15.3 Å². The highest BCUT2D eigenvalue weighted by Gasteiger charge is 2.15. The van der Waals surface area contributed by atoms with E-state index in [1.54, 1.807) is 26.4 Å². The summed E-state index contributed by atoms with van der Waals surface area (Å²) in [5.74, 6) is 2.90. The predicted molar refractivity (Wildman–Crippen MR) is 151 cm³/mol. The van der Waals surface area contributed by atoms with Crippen LogP contribution in [0.2, 0.25) is 0 Å². The van der Waals surface area contributed by atoms with E-state index >= 15 is 0 Å². The summed E-state index contributed by atoms with van der Waals surface area (Å²) in [5, 5.41) is 4.49. The van der Waals surface area contributed by atoms with E-state index in [4.69, 9.17) is 19.9 Å². The van der Waals surface area contributed by atoms with Crippen molar-refractivity contribution in [3.63, 3.8) is 0 Å². The SMILES string of the molecule is COc1ccccc1N.COc1ccccc1Nc1ccc2c(=O)[nH]c(CSC3CCOCC3)nc2c1. The van der Waals surface area contributed by atoms with Crippen molar-refractivity contribution in [3.8, 4) is 11.5 Å². The third kappa shape index (κ3) is 7.18. The Bertz CT molecular complexity index is 1370. The number of fused-ring (bicyclic) bond motifs is 1. The number of para-hydroxylation sites is 4. The third-order valence-corrected chi connectivity index (χ3v) is 7.29. The first-order chi connectivity index (χ1) is 18.1. The van der Waals surface area contributed by atoms with E-state index in [0.717, 1.165) is 48.9 Å². The Morgan fingerprint density at radius 3 is 2.43 bits per heavy atom. The van der Waals surface area contributed by atoms with Crippen LogP contribution in [0.15, 0.2) is 71.5 Å². The monoisotopic (exact) mass is 520 g/mol. The standard InChI is InChI=1S/C21H23N3O3S.C7H9NO/c1-26-19-5-3-2-4-17(19)22-14-6-7-16-18(12-14)23-20(24-21(16)25)13-28-15-8-10-27-11-9-15;1-9-7-5-3-2-4-6(7)8/h2-7,12,15,22H,8-11,13H2,1H3,(H,23,24,25);2-5H,8H2,1H3. The Hall–Kier alpha value is -3.69. The predicted octanol–water partition coefficient (Wildman–Crippen LogP) is 5.36. The van der Waals surface area contributed by atoms with Crippen LogP contribution in [0.4, 0.5) is 17.1 Å². The van der Waals surface area contributed by atoms with Gasteiger partial charge in [-0.05, 0) is 55.3 Å². The number of aromatic nitrogens is 2. The van der Waals surface area contributed by atoms with Crippen molar-refractivity contribution in [2.45, 2.75) is 23.8 Å². The van der Waals surface area contributed by atoms with Crippen LogP contribution in [-0.4, -0.2) is 42.7 Å². The smallest absolute Gasteiger partial charge is 0.258 e. The molecule has 0 atom stereocenters. The quantitative estimate of drug-likeness (QED) is 0.279. The minimum Gasteiger partial charge on any atom is -0.495 e. The summed E-state index contributed by atoms with van der Waals surface area (Å²) in [5.41, 5.74) is 8.50. The lowest BCUT2D eigenvalue weighted by molar-refractivity contribution is 0.1000. The Balaban J connectivity index is 0.000000301. The molecule has 1 saturated heterocycles. The van der Waals surface area contributed by atoms with Crippen molar-refractivity contribution in [1.29, 1.82) is 0 Å². The fraction of sp³-hybridized carbons (Fsp3) is 0.286. The van der Waals surface area contributed by atoms with Crippen LogP contribution in [0.3, 0.4) is 0 Å². The van der Waals surface area contributed by atoms with E-state index in [9.17, 15) is 4.79 Å². The van der Waals surface area contributed by atoms with Crippen LogP contribution in [0.5, 0.6) is 11.5 Å². The summed E-state index contributed by atoms with van der Waals surface area (Å²) in [6.07, 6.45) is 2.10. The van der Waals surface area contributed by atoms with Crippen LogP contribution in [0.25, 0.3) is 10.9 Å². The van der Waals surface area contributed by atoms with Gasteiger partial charge in [-0.3, -0.25) is 4.79 Å². The van der Waals surface area contributed by atoms with E-state index in [0.29, 0.717) is 33.4 Å². The number of nitrogens with one attached hydrogen (secondary N) is 2. The van der Waals surface area contributed by atoms with Gasteiger partial charge in [0.2, 0.25) is 0 Å². The average Bonchev–Trinajstić information content (AvgIpc) is 2.93.